The molecule has 39 heavy (non-hydrogen) atoms. The van der Waals surface area contributed by atoms with Crippen LogP contribution in [0.2, 0.25) is 0 Å². The van der Waals surface area contributed by atoms with Gasteiger partial charge in [-0.05, 0) is 49.9 Å². The minimum Gasteiger partial charge on any atom is -0.480 e. The Labute approximate surface area is 223 Å². The highest BCUT2D eigenvalue weighted by Crippen LogP contribution is 2.51. The van der Waals surface area contributed by atoms with Gasteiger partial charge < -0.3 is 20.1 Å². The van der Waals surface area contributed by atoms with E-state index in [1.807, 2.05) is 9.30 Å². The Balaban J connectivity index is 1.55. The Hall–Kier alpha value is -4.02. The Kier molecular flexibility index (Phi) is 5.85. The van der Waals surface area contributed by atoms with E-state index in [-0.39, 0.29) is 31.6 Å². The van der Waals surface area contributed by atoms with Crippen molar-refractivity contribution in [2.45, 2.75) is 57.4 Å². The third kappa shape index (κ3) is 4.39. The number of aryl methyl sites for hydroxylation is 2. The summed E-state index contributed by atoms with van der Waals surface area (Å²) in [6, 6.07) is 7.71. The second kappa shape index (κ2) is 9.03. The molecule has 1 aliphatic heterocycles. The van der Waals surface area contributed by atoms with Crippen LogP contribution in [0.4, 0.5) is 20.4 Å². The highest BCUT2D eigenvalue weighted by atomic mass is 19.3. The molecule has 204 valence electrons. The molecular weight excluding hydrogens is 506 g/mol. The van der Waals surface area contributed by atoms with Crippen molar-refractivity contribution in [1.29, 1.82) is 0 Å². The molecular formula is C28H30F2N6O3. The molecule has 2 N–H and O–H groups in total. The van der Waals surface area contributed by atoms with Gasteiger partial charge in [-0.25, -0.2) is 23.5 Å². The van der Waals surface area contributed by atoms with E-state index in [0.717, 1.165) is 35.8 Å². The van der Waals surface area contributed by atoms with Gasteiger partial charge in [0.05, 0.1) is 30.0 Å². The van der Waals surface area contributed by atoms with Crippen molar-refractivity contribution in [1.82, 2.24) is 19.4 Å². The smallest absolute Gasteiger partial charge is 0.356 e. The van der Waals surface area contributed by atoms with Gasteiger partial charge in [-0.3, -0.25) is 4.40 Å². The number of benzene rings is 1. The first-order valence-electron chi connectivity index (χ1n) is 13.2. The second-order valence-electron chi connectivity index (χ2n) is 10.5. The van der Waals surface area contributed by atoms with Crippen LogP contribution in [0.3, 0.4) is 0 Å². The van der Waals surface area contributed by atoms with Gasteiger partial charge in [0.2, 0.25) is 11.8 Å². The first-order chi connectivity index (χ1) is 18.6. The Morgan fingerprint density at radius 2 is 1.87 bits per heavy atom. The number of rotatable bonds is 7. The fraction of sp³-hybridized carbons (Fsp3) is 0.429. The van der Waals surface area contributed by atoms with Gasteiger partial charge >= 0.3 is 5.97 Å². The average Bonchev–Trinajstić information content (AvgIpc) is 3.56. The molecule has 4 aromatic rings. The van der Waals surface area contributed by atoms with Crippen molar-refractivity contribution in [3.8, 4) is 5.88 Å². The number of ether oxygens (including phenoxy) is 1. The molecule has 0 spiro atoms. The molecule has 0 amide bonds. The molecule has 0 atom stereocenters. The summed E-state index contributed by atoms with van der Waals surface area (Å²) in [6.07, 6.45) is 3.58. The van der Waals surface area contributed by atoms with Crippen LogP contribution in [0.5, 0.6) is 5.88 Å². The number of aromatic nitrogens is 4. The predicted molar refractivity (Wildman–Crippen MR) is 143 cm³/mol. The normalized spacial score (nSPS) is 17.9. The fourth-order valence-corrected chi connectivity index (χ4v) is 5.43. The number of piperidine rings is 1. The van der Waals surface area contributed by atoms with Crippen molar-refractivity contribution in [3.63, 3.8) is 0 Å². The molecule has 2 fully saturated rings. The number of pyridine rings is 1. The third-order valence-electron chi connectivity index (χ3n) is 7.79. The molecule has 4 heterocycles. The van der Waals surface area contributed by atoms with Crippen LogP contribution >= 0.6 is 0 Å². The van der Waals surface area contributed by atoms with Crippen LogP contribution in [0.15, 0.2) is 30.5 Å². The largest absolute Gasteiger partial charge is 0.480 e. The number of hydrogen-bond donors (Lipinski definition) is 2. The van der Waals surface area contributed by atoms with Crippen molar-refractivity contribution in [3.05, 3.63) is 53.0 Å². The zero-order valence-corrected chi connectivity index (χ0v) is 22.1. The van der Waals surface area contributed by atoms with E-state index in [9.17, 15) is 18.7 Å². The van der Waals surface area contributed by atoms with Crippen molar-refractivity contribution >= 4 is 34.2 Å². The minimum absolute atomic E-state index is 0.0273. The van der Waals surface area contributed by atoms with Gasteiger partial charge in [0.1, 0.15) is 0 Å². The molecule has 3 aromatic heterocycles. The molecule has 1 saturated heterocycles. The summed E-state index contributed by atoms with van der Waals surface area (Å²) >= 11 is 0. The number of anilines is 2. The molecule has 0 bridgehead atoms. The van der Waals surface area contributed by atoms with E-state index in [4.69, 9.17) is 14.7 Å². The number of alkyl halides is 2. The van der Waals surface area contributed by atoms with Crippen LogP contribution in [0.25, 0.3) is 16.6 Å². The van der Waals surface area contributed by atoms with E-state index in [1.165, 1.54) is 0 Å². The number of nitrogens with zero attached hydrogens (tertiary/aromatic N) is 5. The van der Waals surface area contributed by atoms with Crippen LogP contribution in [0.1, 0.15) is 59.9 Å². The molecule has 6 rings (SSSR count). The van der Waals surface area contributed by atoms with Crippen LogP contribution in [-0.2, 0) is 12.0 Å². The van der Waals surface area contributed by atoms with Crippen molar-refractivity contribution < 1.29 is 23.4 Å². The number of methoxy groups -OCH3 is 1. The number of imidazole rings is 1. The highest BCUT2D eigenvalue weighted by molar-refractivity contribution is 5.97. The molecule has 9 nitrogen and oxygen atoms in total. The number of fused-ring (bicyclic) bond motifs is 3. The lowest BCUT2D eigenvalue weighted by Crippen LogP contribution is -2.40. The third-order valence-corrected chi connectivity index (χ3v) is 7.79. The Bertz CT molecular complexity index is 1600. The van der Waals surface area contributed by atoms with Crippen LogP contribution in [-0.4, -0.2) is 56.6 Å². The van der Waals surface area contributed by atoms with Crippen molar-refractivity contribution in [2.24, 2.45) is 0 Å². The zero-order valence-electron chi connectivity index (χ0n) is 22.1. The quantitative estimate of drug-likeness (QED) is 0.333. The van der Waals surface area contributed by atoms with E-state index in [2.05, 4.69) is 29.4 Å². The molecule has 2 aliphatic rings. The first kappa shape index (κ1) is 25.3. The summed E-state index contributed by atoms with van der Waals surface area (Å²) in [5.41, 5.74) is 3.86. The summed E-state index contributed by atoms with van der Waals surface area (Å²) in [7, 11) is 1.54. The molecule has 0 unspecified atom stereocenters. The SMILES string of the molecule is CCc1cc(C2(Nc3ccc(C)nc3C(=O)O)CC2)c2nc(N3CCC(F)(F)CC3)n3cc(OC)nc3c2c1. The maximum atomic E-state index is 14.0. The molecule has 1 aromatic carbocycles. The maximum Gasteiger partial charge on any atom is 0.356 e. The fourth-order valence-electron chi connectivity index (χ4n) is 5.43. The van der Waals surface area contributed by atoms with E-state index < -0.39 is 17.4 Å². The standard InChI is InChI=1S/C28H30F2N6O3/c1-4-17-13-18-22(19(14-17)27(7-8-27)34-20-6-5-16(2)31-23(20)25(37)38)33-26(35-11-9-28(29,30)10-12-35)36-15-21(39-3)32-24(18)36/h5-6,13-15,34H,4,7-12H2,1-3H3,(H,37,38). The van der Waals surface area contributed by atoms with Gasteiger partial charge in [-0.2, -0.15) is 4.98 Å². The number of halogens is 2. The van der Waals surface area contributed by atoms with Crippen LogP contribution in [0, 0.1) is 6.92 Å². The predicted octanol–water partition coefficient (Wildman–Crippen LogP) is 5.19. The van der Waals surface area contributed by atoms with Gasteiger partial charge in [-0.15, -0.1) is 0 Å². The Morgan fingerprint density at radius 3 is 2.51 bits per heavy atom. The van der Waals surface area contributed by atoms with Crippen LogP contribution < -0.4 is 15.0 Å². The monoisotopic (exact) mass is 536 g/mol. The lowest BCUT2D eigenvalue weighted by Gasteiger charge is -2.33. The highest BCUT2D eigenvalue weighted by Gasteiger charge is 2.47. The topological polar surface area (TPSA) is 105 Å². The lowest BCUT2D eigenvalue weighted by molar-refractivity contribution is -0.0222. The van der Waals surface area contributed by atoms with E-state index in [0.29, 0.717) is 34.4 Å². The van der Waals surface area contributed by atoms with Gasteiger partial charge in [-0.1, -0.05) is 13.0 Å². The second-order valence-corrected chi connectivity index (χ2v) is 10.5. The zero-order chi connectivity index (χ0) is 27.5. The summed E-state index contributed by atoms with van der Waals surface area (Å²) in [4.78, 5) is 27.9. The number of carbonyl (C=O) groups is 1. The van der Waals surface area contributed by atoms with Crippen molar-refractivity contribution in [2.75, 3.05) is 30.4 Å². The number of carboxylic acid groups (broad SMARTS) is 1. The van der Waals surface area contributed by atoms with E-state index in [1.54, 1.807) is 32.4 Å². The lowest BCUT2D eigenvalue weighted by atomic mass is 9.96. The molecule has 1 saturated carbocycles. The van der Waals surface area contributed by atoms with Gasteiger partial charge in [0.25, 0.3) is 5.92 Å². The summed E-state index contributed by atoms with van der Waals surface area (Å²) in [5, 5.41) is 14.1. The first-order valence-corrected chi connectivity index (χ1v) is 13.2. The van der Waals surface area contributed by atoms with E-state index >= 15 is 0 Å². The Morgan fingerprint density at radius 1 is 1.13 bits per heavy atom. The number of nitrogens with one attached hydrogen (secondary N) is 1. The summed E-state index contributed by atoms with van der Waals surface area (Å²) < 4.78 is 35.3. The molecule has 11 heteroatoms. The molecule has 1 aliphatic carbocycles. The number of carboxylic acids is 1. The summed E-state index contributed by atoms with van der Waals surface area (Å²) in [5.74, 6) is -2.84. The number of aromatic carboxylic acids is 1. The maximum absolute atomic E-state index is 14.0. The van der Waals surface area contributed by atoms with Gasteiger partial charge in [0.15, 0.2) is 11.3 Å². The number of hydrogen-bond acceptors (Lipinski definition) is 7. The summed E-state index contributed by atoms with van der Waals surface area (Å²) in [6.45, 7) is 4.17. The minimum atomic E-state index is -2.69. The average molecular weight is 537 g/mol. The molecule has 0 radical (unpaired) electrons. The van der Waals surface area contributed by atoms with Gasteiger partial charge in [0, 0.05) is 42.6 Å².